The topological polar surface area (TPSA) is 47.0 Å². The zero-order valence-electron chi connectivity index (χ0n) is 10.7. The van der Waals surface area contributed by atoms with Crippen molar-refractivity contribution in [2.45, 2.75) is 45.6 Å². The van der Waals surface area contributed by atoms with Crippen LogP contribution in [0.3, 0.4) is 0 Å². The van der Waals surface area contributed by atoms with E-state index in [-0.39, 0.29) is 0 Å². The number of hydrogen-bond donors (Lipinski definition) is 1. The van der Waals surface area contributed by atoms with Crippen LogP contribution in [0.2, 0.25) is 0 Å². The molecule has 0 amide bonds. The van der Waals surface area contributed by atoms with Gasteiger partial charge in [0.05, 0.1) is 24.2 Å². The number of aryl methyl sites for hydroxylation is 2. The Morgan fingerprint density at radius 2 is 2.24 bits per heavy atom. The molecular weight excluding hydrogens is 214 g/mol. The van der Waals surface area contributed by atoms with Crippen molar-refractivity contribution in [3.8, 4) is 5.88 Å². The number of piperidine rings is 1. The molecule has 1 aromatic rings. The van der Waals surface area contributed by atoms with Crippen LogP contribution in [0.25, 0.3) is 0 Å². The maximum absolute atomic E-state index is 5.63. The van der Waals surface area contributed by atoms with Crippen LogP contribution in [0.1, 0.15) is 37.1 Å². The number of aromatic nitrogens is 2. The Balaban J connectivity index is 1.75. The Kier molecular flexibility index (Phi) is 4.31. The number of rotatable bonds is 4. The summed E-state index contributed by atoms with van der Waals surface area (Å²) in [5.41, 5.74) is 1.91. The lowest BCUT2D eigenvalue weighted by atomic mass is 10.0. The highest BCUT2D eigenvalue weighted by atomic mass is 16.5. The summed E-state index contributed by atoms with van der Waals surface area (Å²) in [6.45, 7) is 5.78. The summed E-state index contributed by atoms with van der Waals surface area (Å²) >= 11 is 0. The predicted molar refractivity (Wildman–Crippen MR) is 67.3 cm³/mol. The van der Waals surface area contributed by atoms with E-state index in [2.05, 4.69) is 15.3 Å². The Labute approximate surface area is 103 Å². The van der Waals surface area contributed by atoms with Crippen LogP contribution < -0.4 is 10.1 Å². The first kappa shape index (κ1) is 12.3. The van der Waals surface area contributed by atoms with Crippen molar-refractivity contribution in [3.63, 3.8) is 0 Å². The summed E-state index contributed by atoms with van der Waals surface area (Å²) in [6.07, 6.45) is 6.66. The van der Waals surface area contributed by atoms with Crippen molar-refractivity contribution in [1.29, 1.82) is 0 Å². The van der Waals surface area contributed by atoms with Crippen molar-refractivity contribution >= 4 is 0 Å². The van der Waals surface area contributed by atoms with E-state index in [0.29, 0.717) is 11.9 Å². The third-order valence-corrected chi connectivity index (χ3v) is 3.30. The summed E-state index contributed by atoms with van der Waals surface area (Å²) in [4.78, 5) is 8.59. The molecule has 94 valence electrons. The van der Waals surface area contributed by atoms with Crippen LogP contribution in [0.4, 0.5) is 0 Å². The molecule has 4 heteroatoms. The fourth-order valence-corrected chi connectivity index (χ4v) is 2.07. The van der Waals surface area contributed by atoms with Crippen LogP contribution in [0, 0.1) is 13.8 Å². The Bertz CT molecular complexity index is 362. The number of nitrogens with one attached hydrogen (secondary N) is 1. The van der Waals surface area contributed by atoms with Gasteiger partial charge < -0.3 is 10.1 Å². The molecule has 4 nitrogen and oxygen atoms in total. The maximum Gasteiger partial charge on any atom is 0.232 e. The summed E-state index contributed by atoms with van der Waals surface area (Å²) in [5, 5.41) is 3.51. The lowest BCUT2D eigenvalue weighted by Gasteiger charge is -2.23. The van der Waals surface area contributed by atoms with Gasteiger partial charge >= 0.3 is 0 Å². The van der Waals surface area contributed by atoms with Crippen LogP contribution in [-0.2, 0) is 0 Å². The minimum atomic E-state index is 0.614. The molecule has 17 heavy (non-hydrogen) atoms. The van der Waals surface area contributed by atoms with Crippen molar-refractivity contribution in [2.24, 2.45) is 0 Å². The van der Waals surface area contributed by atoms with E-state index in [9.17, 15) is 0 Å². The molecule has 1 aliphatic rings. The van der Waals surface area contributed by atoms with Gasteiger partial charge in [-0.2, -0.15) is 0 Å². The Hall–Kier alpha value is -1.16. The zero-order chi connectivity index (χ0) is 12.1. The first-order chi connectivity index (χ1) is 8.25. The molecule has 0 aliphatic carbocycles. The monoisotopic (exact) mass is 235 g/mol. The van der Waals surface area contributed by atoms with Crippen LogP contribution in [0.15, 0.2) is 6.20 Å². The normalized spacial score (nSPS) is 20.2. The van der Waals surface area contributed by atoms with Crippen molar-refractivity contribution < 1.29 is 4.74 Å². The summed E-state index contributed by atoms with van der Waals surface area (Å²) < 4.78 is 5.63. The van der Waals surface area contributed by atoms with Gasteiger partial charge in [-0.15, -0.1) is 0 Å². The fourth-order valence-electron chi connectivity index (χ4n) is 2.07. The van der Waals surface area contributed by atoms with Gasteiger partial charge in [-0.05, 0) is 39.7 Å². The van der Waals surface area contributed by atoms with Crippen molar-refractivity contribution in [1.82, 2.24) is 15.3 Å². The summed E-state index contributed by atoms with van der Waals surface area (Å²) in [5.74, 6) is 0.643. The second kappa shape index (κ2) is 5.96. The molecule has 0 bridgehead atoms. The van der Waals surface area contributed by atoms with E-state index in [1.54, 1.807) is 6.20 Å². The Morgan fingerprint density at radius 1 is 1.35 bits per heavy atom. The van der Waals surface area contributed by atoms with E-state index >= 15 is 0 Å². The van der Waals surface area contributed by atoms with Gasteiger partial charge in [0.2, 0.25) is 5.88 Å². The molecule has 2 rings (SSSR count). The van der Waals surface area contributed by atoms with Crippen molar-refractivity contribution in [3.05, 3.63) is 17.6 Å². The zero-order valence-corrected chi connectivity index (χ0v) is 10.7. The minimum absolute atomic E-state index is 0.614. The number of ether oxygens (including phenoxy) is 1. The van der Waals surface area contributed by atoms with E-state index in [4.69, 9.17) is 4.74 Å². The first-order valence-corrected chi connectivity index (χ1v) is 6.42. The van der Waals surface area contributed by atoms with Gasteiger partial charge in [0.25, 0.3) is 0 Å². The lowest BCUT2D eigenvalue weighted by molar-refractivity contribution is 0.259. The van der Waals surface area contributed by atoms with Gasteiger partial charge in [-0.25, -0.2) is 4.98 Å². The smallest absolute Gasteiger partial charge is 0.232 e. The van der Waals surface area contributed by atoms with E-state index in [0.717, 1.165) is 31.0 Å². The Morgan fingerprint density at radius 3 is 2.94 bits per heavy atom. The number of hydrogen-bond acceptors (Lipinski definition) is 4. The molecular formula is C13H21N3O. The van der Waals surface area contributed by atoms with Gasteiger partial charge in [0.15, 0.2) is 0 Å². The van der Waals surface area contributed by atoms with Gasteiger partial charge in [-0.1, -0.05) is 6.42 Å². The average molecular weight is 235 g/mol. The summed E-state index contributed by atoms with van der Waals surface area (Å²) in [7, 11) is 0. The third kappa shape index (κ3) is 3.66. The highest BCUT2D eigenvalue weighted by molar-refractivity contribution is 5.14. The largest absolute Gasteiger partial charge is 0.477 e. The highest BCUT2D eigenvalue weighted by Crippen LogP contribution is 2.12. The molecule has 0 saturated carbocycles. The van der Waals surface area contributed by atoms with Crippen LogP contribution in [0.5, 0.6) is 5.88 Å². The summed E-state index contributed by atoms with van der Waals surface area (Å²) in [6, 6.07) is 0.614. The molecule has 1 atom stereocenters. The molecule has 1 aromatic heterocycles. The van der Waals surface area contributed by atoms with E-state index < -0.39 is 0 Å². The third-order valence-electron chi connectivity index (χ3n) is 3.30. The quantitative estimate of drug-likeness (QED) is 0.867. The van der Waals surface area contributed by atoms with Gasteiger partial charge in [-0.3, -0.25) is 4.98 Å². The van der Waals surface area contributed by atoms with Crippen molar-refractivity contribution in [2.75, 3.05) is 13.2 Å². The fraction of sp³-hybridized carbons (Fsp3) is 0.692. The highest BCUT2D eigenvalue weighted by Gasteiger charge is 2.12. The van der Waals surface area contributed by atoms with E-state index in [1.807, 2.05) is 13.8 Å². The molecule has 1 fully saturated rings. The van der Waals surface area contributed by atoms with Gasteiger partial charge in [0, 0.05) is 6.04 Å². The second-order valence-corrected chi connectivity index (χ2v) is 4.66. The molecule has 1 saturated heterocycles. The average Bonchev–Trinajstić information content (AvgIpc) is 2.35. The molecule has 1 aliphatic heterocycles. The second-order valence-electron chi connectivity index (χ2n) is 4.66. The molecule has 2 heterocycles. The number of nitrogens with zero attached hydrogens (tertiary/aromatic N) is 2. The minimum Gasteiger partial charge on any atom is -0.477 e. The van der Waals surface area contributed by atoms with Crippen LogP contribution >= 0.6 is 0 Å². The first-order valence-electron chi connectivity index (χ1n) is 6.42. The molecule has 0 radical (unpaired) electrons. The molecule has 1 N–H and O–H groups in total. The van der Waals surface area contributed by atoms with Crippen LogP contribution in [-0.4, -0.2) is 29.2 Å². The maximum atomic E-state index is 5.63. The van der Waals surface area contributed by atoms with Gasteiger partial charge in [0.1, 0.15) is 0 Å². The lowest BCUT2D eigenvalue weighted by Crippen LogP contribution is -2.35. The molecule has 0 aromatic carbocycles. The molecule has 1 unspecified atom stereocenters. The van der Waals surface area contributed by atoms with E-state index in [1.165, 1.54) is 19.3 Å². The predicted octanol–water partition coefficient (Wildman–Crippen LogP) is 2.00. The SMILES string of the molecule is Cc1ncc(OCCC2CCCCN2)nc1C. The standard InChI is InChI=1S/C13H21N3O/c1-10-11(2)16-13(9-15-10)17-8-6-12-5-3-4-7-14-12/h9,12,14H,3-8H2,1-2H3. The molecule has 0 spiro atoms.